The standard InChI is InChI=1S/C12H15IO4/c1-15-12(14)6-7-16-8-9-17-11-4-2-10(13)3-5-11/h2-5H,6-9H2,1H3. The van der Waals surface area contributed by atoms with E-state index >= 15 is 0 Å². The molecule has 0 bridgehead atoms. The number of hydrogen-bond donors (Lipinski definition) is 0. The number of halogens is 1. The zero-order valence-corrected chi connectivity index (χ0v) is 11.8. The van der Waals surface area contributed by atoms with Gasteiger partial charge in [0, 0.05) is 3.57 Å². The Bertz CT molecular complexity index is 337. The van der Waals surface area contributed by atoms with E-state index in [0.29, 0.717) is 19.8 Å². The largest absolute Gasteiger partial charge is 0.491 e. The summed E-state index contributed by atoms with van der Waals surface area (Å²) in [6.45, 7) is 1.30. The van der Waals surface area contributed by atoms with Gasteiger partial charge in [0.15, 0.2) is 0 Å². The van der Waals surface area contributed by atoms with Crippen molar-refractivity contribution in [3.05, 3.63) is 27.8 Å². The zero-order chi connectivity index (χ0) is 12.5. The number of esters is 1. The van der Waals surface area contributed by atoms with E-state index in [1.165, 1.54) is 10.7 Å². The molecule has 0 atom stereocenters. The summed E-state index contributed by atoms with van der Waals surface area (Å²) < 4.78 is 16.3. The highest BCUT2D eigenvalue weighted by molar-refractivity contribution is 14.1. The molecule has 1 aromatic rings. The highest BCUT2D eigenvalue weighted by Gasteiger charge is 1.99. The monoisotopic (exact) mass is 350 g/mol. The first kappa shape index (κ1) is 14.2. The van der Waals surface area contributed by atoms with Crippen LogP contribution >= 0.6 is 22.6 Å². The summed E-state index contributed by atoms with van der Waals surface area (Å²) in [5.41, 5.74) is 0. The summed E-state index contributed by atoms with van der Waals surface area (Å²) in [4.78, 5) is 10.8. The van der Waals surface area contributed by atoms with Crippen LogP contribution in [0.2, 0.25) is 0 Å². The number of carbonyl (C=O) groups excluding carboxylic acids is 1. The molecule has 0 saturated carbocycles. The lowest BCUT2D eigenvalue weighted by Gasteiger charge is -2.06. The highest BCUT2D eigenvalue weighted by atomic mass is 127. The number of benzene rings is 1. The van der Waals surface area contributed by atoms with E-state index in [2.05, 4.69) is 27.3 Å². The van der Waals surface area contributed by atoms with Crippen molar-refractivity contribution < 1.29 is 19.0 Å². The van der Waals surface area contributed by atoms with Crippen LogP contribution in [0.15, 0.2) is 24.3 Å². The molecule has 0 saturated heterocycles. The fourth-order valence-electron chi connectivity index (χ4n) is 1.11. The number of ether oxygens (including phenoxy) is 3. The van der Waals surface area contributed by atoms with Crippen molar-refractivity contribution in [2.75, 3.05) is 26.9 Å². The Morgan fingerprint density at radius 1 is 1.18 bits per heavy atom. The fourth-order valence-corrected chi connectivity index (χ4v) is 1.47. The maximum Gasteiger partial charge on any atom is 0.307 e. The molecule has 0 aliphatic carbocycles. The molecular weight excluding hydrogens is 335 g/mol. The Kier molecular flexibility index (Phi) is 6.95. The molecule has 0 unspecified atom stereocenters. The van der Waals surface area contributed by atoms with E-state index < -0.39 is 0 Å². The van der Waals surface area contributed by atoms with E-state index in [1.54, 1.807) is 0 Å². The Morgan fingerprint density at radius 2 is 1.88 bits per heavy atom. The second kappa shape index (κ2) is 8.30. The van der Waals surface area contributed by atoms with Crippen LogP contribution in [0.1, 0.15) is 6.42 Å². The minimum Gasteiger partial charge on any atom is -0.491 e. The maximum atomic E-state index is 10.8. The summed E-state index contributed by atoms with van der Waals surface area (Å²) in [6.07, 6.45) is 0.278. The van der Waals surface area contributed by atoms with Gasteiger partial charge in [-0.25, -0.2) is 0 Å². The van der Waals surface area contributed by atoms with Gasteiger partial charge in [-0.1, -0.05) is 0 Å². The minimum absolute atomic E-state index is 0.261. The molecule has 0 aliphatic rings. The molecule has 1 rings (SSSR count). The van der Waals surface area contributed by atoms with Crippen LogP contribution < -0.4 is 4.74 Å². The quantitative estimate of drug-likeness (QED) is 0.430. The highest BCUT2D eigenvalue weighted by Crippen LogP contribution is 2.13. The molecule has 0 fully saturated rings. The predicted octanol–water partition coefficient (Wildman–Crippen LogP) is 2.25. The Labute approximate surface area is 114 Å². The lowest BCUT2D eigenvalue weighted by Crippen LogP contribution is -2.10. The van der Waals surface area contributed by atoms with Gasteiger partial charge in [-0.3, -0.25) is 4.79 Å². The van der Waals surface area contributed by atoms with Crippen molar-refractivity contribution in [1.29, 1.82) is 0 Å². The van der Waals surface area contributed by atoms with E-state index in [-0.39, 0.29) is 12.4 Å². The fraction of sp³-hybridized carbons (Fsp3) is 0.417. The third-order valence-electron chi connectivity index (χ3n) is 1.99. The first-order valence-electron chi connectivity index (χ1n) is 5.25. The molecule has 0 radical (unpaired) electrons. The Morgan fingerprint density at radius 3 is 2.53 bits per heavy atom. The normalized spacial score (nSPS) is 10.0. The van der Waals surface area contributed by atoms with Gasteiger partial charge in [-0.15, -0.1) is 0 Å². The van der Waals surface area contributed by atoms with Crippen molar-refractivity contribution in [2.24, 2.45) is 0 Å². The topological polar surface area (TPSA) is 44.8 Å². The molecule has 0 amide bonds. The third kappa shape index (κ3) is 6.48. The lowest BCUT2D eigenvalue weighted by molar-refractivity contribution is -0.141. The molecule has 4 nitrogen and oxygen atoms in total. The van der Waals surface area contributed by atoms with Gasteiger partial charge in [0.2, 0.25) is 0 Å². The van der Waals surface area contributed by atoms with Crippen LogP contribution in [0.4, 0.5) is 0 Å². The SMILES string of the molecule is COC(=O)CCOCCOc1ccc(I)cc1. The second-order valence-electron chi connectivity index (χ2n) is 3.24. The van der Waals surface area contributed by atoms with Crippen molar-refractivity contribution in [1.82, 2.24) is 0 Å². The summed E-state index contributed by atoms with van der Waals surface area (Å²) in [5, 5.41) is 0. The van der Waals surface area contributed by atoms with E-state index in [4.69, 9.17) is 9.47 Å². The summed E-state index contributed by atoms with van der Waals surface area (Å²) in [6, 6.07) is 7.79. The average molecular weight is 350 g/mol. The molecule has 17 heavy (non-hydrogen) atoms. The molecule has 0 heterocycles. The van der Waals surface area contributed by atoms with Crippen molar-refractivity contribution in [2.45, 2.75) is 6.42 Å². The van der Waals surface area contributed by atoms with E-state index in [1.807, 2.05) is 24.3 Å². The van der Waals surface area contributed by atoms with E-state index in [9.17, 15) is 4.79 Å². The van der Waals surface area contributed by atoms with Gasteiger partial charge < -0.3 is 14.2 Å². The number of carbonyl (C=O) groups is 1. The summed E-state index contributed by atoms with van der Waals surface area (Å²) in [7, 11) is 1.36. The Balaban J connectivity index is 2.04. The lowest BCUT2D eigenvalue weighted by atomic mass is 10.3. The van der Waals surface area contributed by atoms with Gasteiger partial charge in [-0.05, 0) is 46.9 Å². The second-order valence-corrected chi connectivity index (χ2v) is 4.49. The van der Waals surface area contributed by atoms with Gasteiger partial charge in [0.1, 0.15) is 12.4 Å². The van der Waals surface area contributed by atoms with Crippen LogP contribution in [0, 0.1) is 3.57 Å². The maximum absolute atomic E-state index is 10.8. The van der Waals surface area contributed by atoms with Gasteiger partial charge in [0.25, 0.3) is 0 Å². The van der Waals surface area contributed by atoms with Crippen LogP contribution in [0.3, 0.4) is 0 Å². The molecule has 5 heteroatoms. The molecular formula is C12H15IO4. The van der Waals surface area contributed by atoms with Crippen molar-refractivity contribution in [3.63, 3.8) is 0 Å². The van der Waals surface area contributed by atoms with Crippen molar-refractivity contribution >= 4 is 28.6 Å². The number of hydrogen-bond acceptors (Lipinski definition) is 4. The average Bonchev–Trinajstić information content (AvgIpc) is 2.35. The van der Waals surface area contributed by atoms with Crippen molar-refractivity contribution in [3.8, 4) is 5.75 Å². The van der Waals surface area contributed by atoms with Crippen LogP contribution in [0.25, 0.3) is 0 Å². The molecule has 1 aromatic carbocycles. The molecule has 94 valence electrons. The predicted molar refractivity (Wildman–Crippen MR) is 72.1 cm³/mol. The Hall–Kier alpha value is -0.820. The van der Waals surface area contributed by atoms with E-state index in [0.717, 1.165) is 5.75 Å². The first-order chi connectivity index (χ1) is 8.22. The minimum atomic E-state index is -0.261. The molecule has 0 aromatic heterocycles. The van der Waals surface area contributed by atoms with Crippen LogP contribution in [0.5, 0.6) is 5.75 Å². The van der Waals surface area contributed by atoms with Gasteiger partial charge in [-0.2, -0.15) is 0 Å². The van der Waals surface area contributed by atoms with Gasteiger partial charge in [0.05, 0.1) is 26.7 Å². The first-order valence-corrected chi connectivity index (χ1v) is 6.33. The molecule has 0 N–H and O–H groups in total. The van der Waals surface area contributed by atoms with Crippen LogP contribution in [-0.2, 0) is 14.3 Å². The smallest absolute Gasteiger partial charge is 0.307 e. The summed E-state index contributed by atoms with van der Waals surface area (Å²) >= 11 is 2.24. The number of methoxy groups -OCH3 is 1. The summed E-state index contributed by atoms with van der Waals surface area (Å²) in [5.74, 6) is 0.561. The van der Waals surface area contributed by atoms with Crippen LogP contribution in [-0.4, -0.2) is 32.9 Å². The van der Waals surface area contributed by atoms with Gasteiger partial charge >= 0.3 is 5.97 Å². The molecule has 0 aliphatic heterocycles. The number of rotatable bonds is 7. The third-order valence-corrected chi connectivity index (χ3v) is 2.71. The molecule has 0 spiro atoms. The zero-order valence-electron chi connectivity index (χ0n) is 9.65.